The van der Waals surface area contributed by atoms with Gasteiger partial charge >= 0.3 is 0 Å². The van der Waals surface area contributed by atoms with Crippen LogP contribution in [0.3, 0.4) is 0 Å². The van der Waals surface area contributed by atoms with Crippen LogP contribution in [0.2, 0.25) is 0 Å². The van der Waals surface area contributed by atoms with Crippen LogP contribution in [-0.2, 0) is 16.0 Å². The molecule has 2 amide bonds. The molecular weight excluding hydrogens is 430 g/mol. The smallest absolute Gasteiger partial charge is 0.229 e. The number of anilines is 3. The van der Waals surface area contributed by atoms with E-state index in [2.05, 4.69) is 27.5 Å². The first-order valence-corrected chi connectivity index (χ1v) is 10.9. The molecule has 3 heterocycles. The minimum Gasteiger partial charge on any atom is -0.493 e. The van der Waals surface area contributed by atoms with E-state index in [0.717, 1.165) is 22.2 Å². The number of rotatable bonds is 6. The number of aryl methyl sites for hydroxylation is 3. The van der Waals surface area contributed by atoms with E-state index in [1.165, 1.54) is 24.5 Å². The fourth-order valence-electron chi connectivity index (χ4n) is 4.19. The highest BCUT2D eigenvalue weighted by molar-refractivity contribution is 6.01. The summed E-state index contributed by atoms with van der Waals surface area (Å²) in [6, 6.07) is 11.2. The van der Waals surface area contributed by atoms with Crippen LogP contribution >= 0.6 is 0 Å². The molecule has 0 bridgehead atoms. The third-order valence-electron chi connectivity index (χ3n) is 5.69. The van der Waals surface area contributed by atoms with E-state index in [1.54, 1.807) is 35.2 Å². The summed E-state index contributed by atoms with van der Waals surface area (Å²) in [5, 5.41) is 7.15. The van der Waals surface area contributed by atoms with Crippen LogP contribution in [0.1, 0.15) is 29.2 Å². The number of nitrogens with zero attached hydrogens (tertiary/aromatic N) is 4. The second-order valence-electron chi connectivity index (χ2n) is 8.29. The number of benzene rings is 1. The van der Waals surface area contributed by atoms with Gasteiger partial charge in [0, 0.05) is 31.1 Å². The number of pyridine rings is 2. The standard InChI is InChI=1S/C26H27N5O3/c1-16-10-17(2)22(18(3)11-16)14-26(33)29-20-6-8-27-25(12-20)31(19(4)32)23-13-21-7-9-28-30(21)15-24(23)34-5/h6-13,15H,14H2,1-5H3,(H,27,29,33). The van der Waals surface area contributed by atoms with E-state index in [1.807, 2.05) is 32.9 Å². The Kier molecular flexibility index (Phi) is 6.32. The van der Waals surface area contributed by atoms with Gasteiger partial charge in [-0.15, -0.1) is 0 Å². The lowest BCUT2D eigenvalue weighted by molar-refractivity contribution is -0.116. The zero-order valence-electron chi connectivity index (χ0n) is 19.9. The first-order valence-electron chi connectivity index (χ1n) is 10.9. The maximum atomic E-state index is 12.8. The van der Waals surface area contributed by atoms with E-state index in [4.69, 9.17) is 4.74 Å². The Morgan fingerprint density at radius 2 is 1.79 bits per heavy atom. The van der Waals surface area contributed by atoms with Crippen LogP contribution < -0.4 is 15.0 Å². The van der Waals surface area contributed by atoms with Gasteiger partial charge in [-0.3, -0.25) is 14.5 Å². The molecule has 34 heavy (non-hydrogen) atoms. The van der Waals surface area contributed by atoms with Gasteiger partial charge in [-0.25, -0.2) is 9.50 Å². The van der Waals surface area contributed by atoms with Crippen molar-refractivity contribution < 1.29 is 14.3 Å². The highest BCUT2D eigenvalue weighted by Gasteiger charge is 2.21. The highest BCUT2D eigenvalue weighted by atomic mass is 16.5. The molecule has 4 aromatic rings. The van der Waals surface area contributed by atoms with Crippen molar-refractivity contribution in [3.8, 4) is 5.75 Å². The minimum absolute atomic E-state index is 0.139. The highest BCUT2D eigenvalue weighted by Crippen LogP contribution is 2.35. The summed E-state index contributed by atoms with van der Waals surface area (Å²) < 4.78 is 7.18. The molecule has 174 valence electrons. The average Bonchev–Trinajstić information content (AvgIpc) is 3.23. The molecule has 0 atom stereocenters. The maximum absolute atomic E-state index is 12.8. The molecule has 4 rings (SSSR count). The summed E-state index contributed by atoms with van der Waals surface area (Å²) in [7, 11) is 1.53. The van der Waals surface area contributed by atoms with Crippen LogP contribution in [0.15, 0.2) is 55.0 Å². The number of carbonyl (C=O) groups excluding carboxylic acids is 2. The third kappa shape index (κ3) is 4.61. The number of fused-ring (bicyclic) bond motifs is 1. The number of hydrogen-bond acceptors (Lipinski definition) is 5. The van der Waals surface area contributed by atoms with Crippen LogP contribution in [0.4, 0.5) is 17.2 Å². The largest absolute Gasteiger partial charge is 0.493 e. The molecule has 0 spiro atoms. The monoisotopic (exact) mass is 457 g/mol. The summed E-state index contributed by atoms with van der Waals surface area (Å²) in [5.74, 6) is 0.451. The Bertz CT molecular complexity index is 1370. The molecular formula is C26H27N5O3. The van der Waals surface area contributed by atoms with E-state index in [-0.39, 0.29) is 18.2 Å². The van der Waals surface area contributed by atoms with Crippen molar-refractivity contribution in [1.29, 1.82) is 0 Å². The van der Waals surface area contributed by atoms with Crippen LogP contribution in [0.5, 0.6) is 5.75 Å². The Morgan fingerprint density at radius 3 is 2.47 bits per heavy atom. The van der Waals surface area contributed by atoms with E-state index < -0.39 is 0 Å². The lowest BCUT2D eigenvalue weighted by atomic mass is 9.97. The summed E-state index contributed by atoms with van der Waals surface area (Å²) in [5.41, 5.74) is 6.25. The molecule has 1 N–H and O–H groups in total. The normalized spacial score (nSPS) is 10.9. The topological polar surface area (TPSA) is 88.8 Å². The Hall–Kier alpha value is -4.20. The zero-order valence-corrected chi connectivity index (χ0v) is 19.9. The fraction of sp³-hybridized carbons (Fsp3) is 0.231. The van der Waals surface area contributed by atoms with Crippen LogP contribution in [-0.4, -0.2) is 33.5 Å². The average molecular weight is 458 g/mol. The molecule has 0 saturated carbocycles. The number of nitrogens with one attached hydrogen (secondary N) is 1. The van der Waals surface area contributed by atoms with Gasteiger partial charge in [0.25, 0.3) is 0 Å². The van der Waals surface area contributed by atoms with Crippen LogP contribution in [0.25, 0.3) is 5.52 Å². The number of ether oxygens (including phenoxy) is 1. The van der Waals surface area contributed by atoms with Crippen molar-refractivity contribution in [3.05, 3.63) is 77.2 Å². The van der Waals surface area contributed by atoms with Crippen molar-refractivity contribution >= 4 is 34.5 Å². The van der Waals surface area contributed by atoms with Gasteiger partial charge in [0.05, 0.1) is 30.9 Å². The van der Waals surface area contributed by atoms with Crippen molar-refractivity contribution in [2.24, 2.45) is 0 Å². The summed E-state index contributed by atoms with van der Waals surface area (Å²) in [6.07, 6.45) is 5.20. The fourth-order valence-corrected chi connectivity index (χ4v) is 4.19. The molecule has 8 nitrogen and oxygen atoms in total. The molecule has 1 aromatic carbocycles. The van der Waals surface area contributed by atoms with Crippen molar-refractivity contribution in [3.63, 3.8) is 0 Å². The zero-order chi connectivity index (χ0) is 24.4. The first-order chi connectivity index (χ1) is 16.3. The molecule has 0 fully saturated rings. The Balaban J connectivity index is 1.63. The molecule has 8 heteroatoms. The lowest BCUT2D eigenvalue weighted by Gasteiger charge is -2.23. The van der Waals surface area contributed by atoms with E-state index >= 15 is 0 Å². The lowest BCUT2D eigenvalue weighted by Crippen LogP contribution is -2.25. The number of hydrogen-bond donors (Lipinski definition) is 1. The molecule has 0 aliphatic heterocycles. The Labute approximate surface area is 198 Å². The van der Waals surface area contributed by atoms with Crippen molar-refractivity contribution in [1.82, 2.24) is 14.6 Å². The third-order valence-corrected chi connectivity index (χ3v) is 5.69. The molecule has 0 saturated heterocycles. The number of amides is 2. The van der Waals surface area contributed by atoms with Crippen molar-refractivity contribution in [2.45, 2.75) is 34.1 Å². The van der Waals surface area contributed by atoms with E-state index in [9.17, 15) is 9.59 Å². The molecule has 0 radical (unpaired) electrons. The summed E-state index contributed by atoms with van der Waals surface area (Å²) in [4.78, 5) is 31.4. The molecule has 0 aliphatic rings. The second-order valence-corrected chi connectivity index (χ2v) is 8.29. The summed E-state index contributed by atoms with van der Waals surface area (Å²) >= 11 is 0. The first kappa shape index (κ1) is 23.0. The minimum atomic E-state index is -0.246. The predicted molar refractivity (Wildman–Crippen MR) is 132 cm³/mol. The van der Waals surface area contributed by atoms with Gasteiger partial charge in [0.15, 0.2) is 5.75 Å². The van der Waals surface area contributed by atoms with Gasteiger partial charge in [-0.05, 0) is 55.7 Å². The SMILES string of the molecule is COc1cn2nccc2cc1N(C(C)=O)c1cc(NC(=O)Cc2c(C)cc(C)cc2C)ccn1. The van der Waals surface area contributed by atoms with Crippen LogP contribution in [0, 0.1) is 20.8 Å². The summed E-state index contributed by atoms with van der Waals surface area (Å²) in [6.45, 7) is 7.53. The van der Waals surface area contributed by atoms with Crippen molar-refractivity contribution in [2.75, 3.05) is 17.3 Å². The number of methoxy groups -OCH3 is 1. The van der Waals surface area contributed by atoms with Gasteiger partial charge in [-0.1, -0.05) is 17.7 Å². The molecule has 3 aromatic heterocycles. The van der Waals surface area contributed by atoms with E-state index in [0.29, 0.717) is 22.9 Å². The maximum Gasteiger partial charge on any atom is 0.229 e. The van der Waals surface area contributed by atoms with Gasteiger partial charge in [-0.2, -0.15) is 5.10 Å². The Morgan fingerprint density at radius 1 is 1.06 bits per heavy atom. The number of carbonyl (C=O) groups is 2. The quantitative estimate of drug-likeness (QED) is 0.460. The molecule has 0 aliphatic carbocycles. The second kappa shape index (κ2) is 9.35. The van der Waals surface area contributed by atoms with Gasteiger partial charge < -0.3 is 10.1 Å². The van der Waals surface area contributed by atoms with Gasteiger partial charge in [0.1, 0.15) is 5.82 Å². The molecule has 0 unspecified atom stereocenters. The van der Waals surface area contributed by atoms with Gasteiger partial charge in [0.2, 0.25) is 11.8 Å². The number of aromatic nitrogens is 3. The predicted octanol–water partition coefficient (Wildman–Crippen LogP) is 4.53.